The van der Waals surface area contributed by atoms with E-state index < -0.39 is 17.6 Å². The lowest BCUT2D eigenvalue weighted by atomic mass is 9.89. The molecule has 0 N–H and O–H groups in total. The molecule has 3 rings (SSSR count). The maximum atomic E-state index is 13.2. The van der Waals surface area contributed by atoms with E-state index in [-0.39, 0.29) is 12.4 Å². The number of ketones is 1. The molecule has 0 spiro atoms. The fourth-order valence-electron chi connectivity index (χ4n) is 2.26. The quantitative estimate of drug-likeness (QED) is 0.786. The number of hydrogen-bond acceptors (Lipinski definition) is 2. The van der Waals surface area contributed by atoms with Gasteiger partial charge in [-0.05, 0) is 29.8 Å². The third-order valence-corrected chi connectivity index (χ3v) is 3.16. The van der Waals surface area contributed by atoms with Crippen molar-refractivity contribution in [2.75, 3.05) is 6.61 Å². The van der Waals surface area contributed by atoms with Crippen molar-refractivity contribution in [1.29, 1.82) is 0 Å². The number of fused-ring (bicyclic) bond motifs is 1. The van der Waals surface area contributed by atoms with Gasteiger partial charge in [-0.15, -0.1) is 0 Å². The minimum atomic E-state index is -0.693. The molecular weight excluding hydrogens is 250 g/mol. The highest BCUT2D eigenvalue weighted by Gasteiger charge is 2.30. The molecule has 0 radical (unpaired) electrons. The van der Waals surface area contributed by atoms with Gasteiger partial charge >= 0.3 is 0 Å². The largest absolute Gasteiger partial charge is 0.492 e. The number of carbonyl (C=O) groups is 1. The predicted octanol–water partition coefficient (Wildman–Crippen LogP) is 3.32. The van der Waals surface area contributed by atoms with Gasteiger partial charge < -0.3 is 4.74 Å². The van der Waals surface area contributed by atoms with Crippen LogP contribution in [0.3, 0.4) is 0 Å². The van der Waals surface area contributed by atoms with Crippen molar-refractivity contribution in [3.05, 3.63) is 65.2 Å². The van der Waals surface area contributed by atoms with Crippen molar-refractivity contribution < 1.29 is 18.3 Å². The Kier molecular flexibility index (Phi) is 2.78. The molecule has 0 saturated heterocycles. The van der Waals surface area contributed by atoms with Crippen molar-refractivity contribution in [3.8, 4) is 5.75 Å². The number of hydrogen-bond donors (Lipinski definition) is 0. The van der Waals surface area contributed by atoms with Crippen LogP contribution in [0.15, 0.2) is 42.5 Å². The van der Waals surface area contributed by atoms with Crippen molar-refractivity contribution >= 4 is 5.78 Å². The third-order valence-electron chi connectivity index (χ3n) is 3.16. The van der Waals surface area contributed by atoms with Crippen molar-refractivity contribution in [3.63, 3.8) is 0 Å². The summed E-state index contributed by atoms with van der Waals surface area (Å²) in [5, 5.41) is 0. The van der Waals surface area contributed by atoms with E-state index in [4.69, 9.17) is 4.74 Å². The first-order chi connectivity index (χ1) is 9.15. The summed E-state index contributed by atoms with van der Waals surface area (Å²) >= 11 is 0. The molecule has 4 heteroatoms. The number of Topliss-reactive ketones (excluding diaryl/α,β-unsaturated/α-hetero) is 1. The first-order valence-electron chi connectivity index (χ1n) is 5.87. The average molecular weight is 260 g/mol. The molecule has 0 amide bonds. The standard InChI is InChI=1S/C15H10F2O2/c16-10-5-9(6-11(17)7-10)13-8-19-14-4-2-1-3-12(14)15(13)18/h1-7,13H,8H2. The molecule has 2 nitrogen and oxygen atoms in total. The number of carbonyl (C=O) groups excluding carboxylic acids is 1. The zero-order valence-electron chi connectivity index (χ0n) is 9.90. The smallest absolute Gasteiger partial charge is 0.177 e. The Hall–Kier alpha value is -2.23. The monoisotopic (exact) mass is 260 g/mol. The van der Waals surface area contributed by atoms with E-state index in [1.165, 1.54) is 12.1 Å². The fraction of sp³-hybridized carbons (Fsp3) is 0.133. The Balaban J connectivity index is 2.02. The van der Waals surface area contributed by atoms with Crippen LogP contribution in [0, 0.1) is 11.6 Å². The summed E-state index contributed by atoms with van der Waals surface area (Å²) in [6.45, 7) is 0.0960. The number of rotatable bonds is 1. The molecule has 0 bridgehead atoms. The molecular formula is C15H10F2O2. The van der Waals surface area contributed by atoms with Crippen LogP contribution in [0.5, 0.6) is 5.75 Å². The normalized spacial score (nSPS) is 17.8. The fourth-order valence-corrected chi connectivity index (χ4v) is 2.26. The summed E-state index contributed by atoms with van der Waals surface area (Å²) < 4.78 is 31.9. The average Bonchev–Trinajstić information content (AvgIpc) is 2.38. The van der Waals surface area contributed by atoms with Gasteiger partial charge in [0.05, 0.1) is 11.5 Å². The molecule has 0 saturated carbocycles. The topological polar surface area (TPSA) is 26.3 Å². The van der Waals surface area contributed by atoms with E-state index in [1.807, 2.05) is 0 Å². The Labute approximate surface area is 108 Å². The van der Waals surface area contributed by atoms with Crippen LogP contribution in [-0.4, -0.2) is 12.4 Å². The van der Waals surface area contributed by atoms with Gasteiger partial charge in [0.25, 0.3) is 0 Å². The Morgan fingerprint density at radius 1 is 1.05 bits per heavy atom. The molecule has 0 fully saturated rings. The van der Waals surface area contributed by atoms with E-state index in [1.54, 1.807) is 24.3 Å². The van der Waals surface area contributed by atoms with Crippen LogP contribution in [-0.2, 0) is 0 Å². The second-order valence-electron chi connectivity index (χ2n) is 4.43. The maximum absolute atomic E-state index is 13.2. The lowest BCUT2D eigenvalue weighted by molar-refractivity contribution is 0.0896. The van der Waals surface area contributed by atoms with E-state index in [2.05, 4.69) is 0 Å². The van der Waals surface area contributed by atoms with Crippen LogP contribution in [0.25, 0.3) is 0 Å². The van der Waals surface area contributed by atoms with Gasteiger partial charge in [-0.2, -0.15) is 0 Å². The van der Waals surface area contributed by atoms with Crippen LogP contribution < -0.4 is 4.74 Å². The lowest BCUT2D eigenvalue weighted by Gasteiger charge is -2.24. The molecule has 1 aliphatic heterocycles. The first kappa shape index (κ1) is 11.8. The summed E-state index contributed by atoms with van der Waals surface area (Å²) in [4.78, 5) is 12.3. The van der Waals surface area contributed by atoms with Crippen molar-refractivity contribution in [2.45, 2.75) is 5.92 Å². The van der Waals surface area contributed by atoms with Crippen LogP contribution in [0.2, 0.25) is 0 Å². The van der Waals surface area contributed by atoms with E-state index >= 15 is 0 Å². The summed E-state index contributed by atoms with van der Waals surface area (Å²) in [7, 11) is 0. The molecule has 2 aromatic carbocycles. The Morgan fingerprint density at radius 2 is 1.74 bits per heavy atom. The molecule has 19 heavy (non-hydrogen) atoms. The van der Waals surface area contributed by atoms with Crippen LogP contribution >= 0.6 is 0 Å². The predicted molar refractivity (Wildman–Crippen MR) is 65.4 cm³/mol. The SMILES string of the molecule is O=C1c2ccccc2OCC1c1cc(F)cc(F)c1. The second kappa shape index (κ2) is 4.46. The molecule has 1 heterocycles. The number of ether oxygens (including phenoxy) is 1. The Bertz CT molecular complexity index is 632. The maximum Gasteiger partial charge on any atom is 0.177 e. The van der Waals surface area contributed by atoms with Gasteiger partial charge in [0.2, 0.25) is 0 Å². The van der Waals surface area contributed by atoms with Crippen molar-refractivity contribution in [2.24, 2.45) is 0 Å². The third kappa shape index (κ3) is 2.10. The van der Waals surface area contributed by atoms with Gasteiger partial charge in [0.15, 0.2) is 5.78 Å². The molecule has 96 valence electrons. The minimum absolute atomic E-state index is 0.0960. The summed E-state index contributed by atoms with van der Waals surface area (Å²) in [6, 6.07) is 9.98. The highest BCUT2D eigenvalue weighted by molar-refractivity contribution is 6.04. The van der Waals surface area contributed by atoms with Gasteiger partial charge in [0.1, 0.15) is 24.0 Å². The zero-order chi connectivity index (χ0) is 13.4. The highest BCUT2D eigenvalue weighted by atomic mass is 19.1. The number of para-hydroxylation sites is 1. The van der Waals surface area contributed by atoms with Crippen molar-refractivity contribution in [1.82, 2.24) is 0 Å². The van der Waals surface area contributed by atoms with Gasteiger partial charge in [0, 0.05) is 6.07 Å². The first-order valence-corrected chi connectivity index (χ1v) is 5.87. The second-order valence-corrected chi connectivity index (χ2v) is 4.43. The van der Waals surface area contributed by atoms with E-state index in [0.717, 1.165) is 6.07 Å². The van der Waals surface area contributed by atoms with Gasteiger partial charge in [-0.25, -0.2) is 8.78 Å². The lowest BCUT2D eigenvalue weighted by Crippen LogP contribution is -2.26. The number of halogens is 2. The van der Waals surface area contributed by atoms with Gasteiger partial charge in [-0.1, -0.05) is 12.1 Å². The van der Waals surface area contributed by atoms with E-state index in [9.17, 15) is 13.6 Å². The molecule has 0 aromatic heterocycles. The van der Waals surface area contributed by atoms with E-state index in [0.29, 0.717) is 16.9 Å². The minimum Gasteiger partial charge on any atom is -0.492 e. The molecule has 1 aliphatic rings. The summed E-state index contributed by atoms with van der Waals surface area (Å²) in [5.41, 5.74) is 0.750. The van der Waals surface area contributed by atoms with Crippen LogP contribution in [0.1, 0.15) is 21.8 Å². The van der Waals surface area contributed by atoms with Gasteiger partial charge in [-0.3, -0.25) is 4.79 Å². The summed E-state index contributed by atoms with van der Waals surface area (Å²) in [5.74, 6) is -1.71. The molecule has 0 aliphatic carbocycles. The number of benzene rings is 2. The summed E-state index contributed by atoms with van der Waals surface area (Å²) in [6.07, 6.45) is 0. The molecule has 1 unspecified atom stereocenters. The zero-order valence-corrected chi connectivity index (χ0v) is 9.90. The molecule has 2 aromatic rings. The highest BCUT2D eigenvalue weighted by Crippen LogP contribution is 2.32. The Morgan fingerprint density at radius 3 is 2.47 bits per heavy atom. The molecule has 1 atom stereocenters. The van der Waals surface area contributed by atoms with Crippen LogP contribution in [0.4, 0.5) is 8.78 Å².